The predicted octanol–water partition coefficient (Wildman–Crippen LogP) is -0.234. The summed E-state index contributed by atoms with van der Waals surface area (Å²) in [4.78, 5) is 0. The van der Waals surface area contributed by atoms with E-state index in [1.54, 1.807) is 11.1 Å². The molecular formula is C13H20FN. The van der Waals surface area contributed by atoms with E-state index in [2.05, 4.69) is 39.3 Å². The van der Waals surface area contributed by atoms with E-state index in [4.69, 9.17) is 0 Å². The highest BCUT2D eigenvalue weighted by Crippen LogP contribution is 2.26. The Kier molecular flexibility index (Phi) is 3.50. The first kappa shape index (κ1) is 12.2. The molecule has 0 unspecified atom stereocenters. The molecule has 1 aromatic rings. The molecule has 0 aromatic heterocycles. The van der Waals surface area contributed by atoms with Gasteiger partial charge in [0, 0.05) is 6.07 Å². The summed E-state index contributed by atoms with van der Waals surface area (Å²) in [6, 6.07) is 7.01. The van der Waals surface area contributed by atoms with Gasteiger partial charge in [0.05, 0.1) is 21.1 Å². The molecule has 0 N–H and O–H groups in total. The minimum absolute atomic E-state index is 0. The lowest BCUT2D eigenvalue weighted by molar-refractivity contribution is -0.00000318. The van der Waals surface area contributed by atoms with Crippen molar-refractivity contribution in [3.05, 3.63) is 29.3 Å². The predicted molar refractivity (Wildman–Crippen MR) is 62.7 cm³/mol. The number of nitrogens with zero attached hydrogens (tertiary/aromatic N) is 1. The summed E-state index contributed by atoms with van der Waals surface area (Å²) in [5.41, 5.74) is 4.58. The Hall–Kier alpha value is -0.890. The largest absolute Gasteiger partial charge is 1.00 e. The van der Waals surface area contributed by atoms with E-state index in [0.29, 0.717) is 0 Å². The Labute approximate surface area is 91.7 Å². The lowest BCUT2D eigenvalue weighted by atomic mass is 9.91. The molecule has 1 nitrogen and oxygen atoms in total. The number of hydrogen-bond donors (Lipinski definition) is 0. The fourth-order valence-electron chi connectivity index (χ4n) is 2.14. The highest BCUT2D eigenvalue weighted by Gasteiger charge is 2.16. The van der Waals surface area contributed by atoms with E-state index in [1.807, 2.05) is 0 Å². The van der Waals surface area contributed by atoms with Crippen LogP contribution in [0.3, 0.4) is 0 Å². The number of halogens is 1. The Balaban J connectivity index is 0.00000112. The smallest absolute Gasteiger partial charge is 0.132 e. The molecule has 1 aromatic carbocycles. The Morgan fingerprint density at radius 1 is 0.933 bits per heavy atom. The second-order valence-corrected chi connectivity index (χ2v) is 5.17. The Morgan fingerprint density at radius 2 is 1.53 bits per heavy atom. The first-order valence-electron chi connectivity index (χ1n) is 5.51. The molecule has 0 bridgehead atoms. The molecule has 2 heteroatoms. The van der Waals surface area contributed by atoms with Crippen molar-refractivity contribution in [1.29, 1.82) is 0 Å². The molecule has 0 amide bonds. The van der Waals surface area contributed by atoms with Crippen LogP contribution in [0.2, 0.25) is 0 Å². The van der Waals surface area contributed by atoms with Crippen LogP contribution in [-0.4, -0.2) is 21.1 Å². The van der Waals surface area contributed by atoms with Crippen LogP contribution in [0.5, 0.6) is 0 Å². The second kappa shape index (κ2) is 4.31. The summed E-state index contributed by atoms with van der Waals surface area (Å²) in [5.74, 6) is 0. The number of aryl methyl sites for hydroxylation is 2. The maximum Gasteiger partial charge on any atom is 0.132 e. The van der Waals surface area contributed by atoms with Crippen LogP contribution >= 0.6 is 0 Å². The van der Waals surface area contributed by atoms with Gasteiger partial charge in [-0.15, -0.1) is 0 Å². The van der Waals surface area contributed by atoms with E-state index in [0.717, 1.165) is 4.48 Å². The molecule has 1 aliphatic carbocycles. The topological polar surface area (TPSA) is 0 Å². The van der Waals surface area contributed by atoms with Crippen molar-refractivity contribution in [3.63, 3.8) is 0 Å². The van der Waals surface area contributed by atoms with E-state index >= 15 is 0 Å². The third-order valence-electron chi connectivity index (χ3n) is 3.11. The molecule has 2 rings (SSSR count). The Bertz CT molecular complexity index is 339. The highest BCUT2D eigenvalue weighted by molar-refractivity contribution is 5.48. The highest BCUT2D eigenvalue weighted by atomic mass is 19.0. The van der Waals surface area contributed by atoms with Gasteiger partial charge in [0.25, 0.3) is 0 Å². The number of fused-ring (bicyclic) bond motifs is 1. The zero-order chi connectivity index (χ0) is 10.2. The minimum Gasteiger partial charge on any atom is -1.00 e. The van der Waals surface area contributed by atoms with Gasteiger partial charge in [-0.1, -0.05) is 6.07 Å². The molecule has 0 radical (unpaired) electrons. The van der Waals surface area contributed by atoms with E-state index in [-0.39, 0.29) is 4.70 Å². The molecule has 0 atom stereocenters. The summed E-state index contributed by atoms with van der Waals surface area (Å²) < 4.78 is 0.924. The molecule has 0 fully saturated rings. The third-order valence-corrected chi connectivity index (χ3v) is 3.11. The number of hydrogen-bond acceptors (Lipinski definition) is 0. The van der Waals surface area contributed by atoms with Crippen LogP contribution in [0.25, 0.3) is 0 Å². The van der Waals surface area contributed by atoms with Crippen molar-refractivity contribution in [2.24, 2.45) is 0 Å². The lowest BCUT2D eigenvalue weighted by Gasteiger charge is -2.25. The maximum atomic E-state index is 2.40. The van der Waals surface area contributed by atoms with Gasteiger partial charge in [0.2, 0.25) is 0 Å². The fraction of sp³-hybridized carbons (Fsp3) is 0.538. The van der Waals surface area contributed by atoms with Crippen LogP contribution in [0.4, 0.5) is 5.69 Å². The van der Waals surface area contributed by atoms with Crippen LogP contribution in [-0.2, 0) is 12.8 Å². The van der Waals surface area contributed by atoms with Gasteiger partial charge in [-0.25, -0.2) is 0 Å². The van der Waals surface area contributed by atoms with Crippen LogP contribution in [0.1, 0.15) is 24.0 Å². The molecule has 15 heavy (non-hydrogen) atoms. The zero-order valence-electron chi connectivity index (χ0n) is 9.89. The van der Waals surface area contributed by atoms with Gasteiger partial charge in [-0.3, -0.25) is 4.48 Å². The first-order chi connectivity index (χ1) is 6.57. The fourth-order valence-corrected chi connectivity index (χ4v) is 2.14. The summed E-state index contributed by atoms with van der Waals surface area (Å²) in [7, 11) is 6.68. The molecule has 0 saturated carbocycles. The van der Waals surface area contributed by atoms with Gasteiger partial charge < -0.3 is 4.70 Å². The summed E-state index contributed by atoms with van der Waals surface area (Å²) >= 11 is 0. The second-order valence-electron chi connectivity index (χ2n) is 5.17. The van der Waals surface area contributed by atoms with Crippen molar-refractivity contribution in [3.8, 4) is 0 Å². The number of rotatable bonds is 1. The van der Waals surface area contributed by atoms with Crippen LogP contribution in [0.15, 0.2) is 18.2 Å². The molecule has 0 aliphatic heterocycles. The molecule has 0 saturated heterocycles. The molecule has 1 aliphatic rings. The molecular weight excluding hydrogens is 189 g/mol. The molecule has 0 heterocycles. The average Bonchev–Trinajstić information content (AvgIpc) is 2.16. The van der Waals surface area contributed by atoms with Gasteiger partial charge >= 0.3 is 0 Å². The minimum atomic E-state index is 0. The van der Waals surface area contributed by atoms with Gasteiger partial charge in [-0.2, -0.15) is 0 Å². The maximum absolute atomic E-state index is 2.40. The van der Waals surface area contributed by atoms with Crippen molar-refractivity contribution in [2.75, 3.05) is 21.1 Å². The van der Waals surface area contributed by atoms with Gasteiger partial charge in [0.1, 0.15) is 5.69 Å². The van der Waals surface area contributed by atoms with E-state index < -0.39 is 0 Å². The van der Waals surface area contributed by atoms with E-state index in [1.165, 1.54) is 31.4 Å². The Morgan fingerprint density at radius 3 is 2.13 bits per heavy atom. The quantitative estimate of drug-likeness (QED) is 0.560. The summed E-state index contributed by atoms with van der Waals surface area (Å²) in [6.45, 7) is 0. The monoisotopic (exact) mass is 209 g/mol. The van der Waals surface area contributed by atoms with Crippen molar-refractivity contribution in [2.45, 2.75) is 25.7 Å². The first-order valence-corrected chi connectivity index (χ1v) is 5.51. The van der Waals surface area contributed by atoms with Crippen LogP contribution < -0.4 is 9.19 Å². The molecule has 0 spiro atoms. The van der Waals surface area contributed by atoms with Gasteiger partial charge in [0.15, 0.2) is 0 Å². The number of benzene rings is 1. The zero-order valence-corrected chi connectivity index (χ0v) is 9.89. The average molecular weight is 209 g/mol. The third kappa shape index (κ3) is 2.57. The lowest BCUT2D eigenvalue weighted by Crippen LogP contribution is -3.00. The van der Waals surface area contributed by atoms with Crippen molar-refractivity contribution >= 4 is 5.69 Å². The van der Waals surface area contributed by atoms with E-state index in [9.17, 15) is 0 Å². The van der Waals surface area contributed by atoms with Crippen molar-refractivity contribution in [1.82, 2.24) is 4.48 Å². The standard InChI is InChI=1S/C13H20N.FH/c1-14(2,3)13-9-8-11-6-4-5-7-12(11)10-13;/h8-10H,4-7H2,1-3H3;1H/q+1;/p-1. The molecule has 84 valence electrons. The normalized spacial score (nSPS) is 15.4. The summed E-state index contributed by atoms with van der Waals surface area (Å²) in [5, 5.41) is 0. The number of quaternary nitrogens is 1. The van der Waals surface area contributed by atoms with Crippen molar-refractivity contribution < 1.29 is 4.70 Å². The SMILES string of the molecule is C[N+](C)(C)c1ccc2c(c1)CCCC2.[F-]. The van der Waals surface area contributed by atoms with Crippen LogP contribution in [0, 0.1) is 0 Å². The summed E-state index contributed by atoms with van der Waals surface area (Å²) in [6.07, 6.45) is 5.31. The van der Waals surface area contributed by atoms with Gasteiger partial charge in [-0.05, 0) is 42.9 Å².